The normalized spacial score (nSPS) is 16.4. The van der Waals surface area contributed by atoms with Crippen molar-refractivity contribution in [2.24, 2.45) is 0 Å². The molecule has 0 N–H and O–H groups in total. The molecule has 2 aromatic rings. The average molecular weight is 272 g/mol. The van der Waals surface area contributed by atoms with Gasteiger partial charge < -0.3 is 0 Å². The predicted molar refractivity (Wildman–Crippen MR) is 60.7 cm³/mol. The van der Waals surface area contributed by atoms with Crippen LogP contribution >= 0.6 is 27.5 Å². The van der Waals surface area contributed by atoms with E-state index in [0.717, 1.165) is 20.4 Å². The lowest BCUT2D eigenvalue weighted by atomic mass is 10.3. The van der Waals surface area contributed by atoms with Crippen molar-refractivity contribution in [3.8, 4) is 0 Å². The minimum Gasteiger partial charge on any atom is -0.268 e. The van der Waals surface area contributed by atoms with Crippen LogP contribution in [0.4, 0.5) is 0 Å². The van der Waals surface area contributed by atoms with Gasteiger partial charge in [-0.1, -0.05) is 11.6 Å². The molecule has 1 aliphatic carbocycles. The van der Waals surface area contributed by atoms with Crippen LogP contribution in [-0.2, 0) is 0 Å². The number of fused-ring (bicyclic) bond motifs is 1. The van der Waals surface area contributed by atoms with Gasteiger partial charge in [0.1, 0.15) is 5.52 Å². The largest absolute Gasteiger partial charge is 0.268 e. The molecule has 0 amide bonds. The molecule has 72 valence electrons. The Morgan fingerprint density at radius 1 is 1.43 bits per heavy atom. The Balaban J connectivity index is 2.26. The fourth-order valence-corrected chi connectivity index (χ4v) is 2.52. The molecule has 1 aliphatic rings. The maximum Gasteiger partial charge on any atom is 0.107 e. The van der Waals surface area contributed by atoms with Crippen LogP contribution in [0, 0.1) is 0 Å². The molecular formula is C10H8BrClN2. The van der Waals surface area contributed by atoms with Crippen LogP contribution in [0.2, 0.25) is 5.02 Å². The number of halogens is 2. The van der Waals surface area contributed by atoms with Crippen molar-refractivity contribution in [3.05, 3.63) is 27.8 Å². The summed E-state index contributed by atoms with van der Waals surface area (Å²) in [5.41, 5.74) is 1.00. The Kier molecular flexibility index (Phi) is 1.86. The van der Waals surface area contributed by atoms with Gasteiger partial charge in [-0.2, -0.15) is 5.10 Å². The minimum absolute atomic E-state index is 0.619. The molecule has 2 nitrogen and oxygen atoms in total. The standard InChI is InChI=1S/C10H8BrClN2/c11-9-4-7(12)3-6-5-14(8-1-2-8)13-10(6)9/h3-5,8H,1-2H2. The number of rotatable bonds is 1. The maximum absolute atomic E-state index is 5.96. The highest BCUT2D eigenvalue weighted by atomic mass is 79.9. The Morgan fingerprint density at radius 3 is 2.93 bits per heavy atom. The monoisotopic (exact) mass is 270 g/mol. The van der Waals surface area contributed by atoms with Gasteiger partial charge in [-0.3, -0.25) is 4.68 Å². The highest BCUT2D eigenvalue weighted by Gasteiger charge is 2.24. The van der Waals surface area contributed by atoms with E-state index in [1.165, 1.54) is 12.8 Å². The Labute approximate surface area is 95.0 Å². The van der Waals surface area contributed by atoms with Crippen molar-refractivity contribution in [3.63, 3.8) is 0 Å². The summed E-state index contributed by atoms with van der Waals surface area (Å²) in [6.07, 6.45) is 4.57. The van der Waals surface area contributed by atoms with E-state index in [1.807, 2.05) is 16.8 Å². The van der Waals surface area contributed by atoms with E-state index >= 15 is 0 Å². The quantitative estimate of drug-likeness (QED) is 0.771. The third-order valence-electron chi connectivity index (χ3n) is 2.47. The Hall–Kier alpha value is -0.540. The summed E-state index contributed by atoms with van der Waals surface area (Å²) >= 11 is 9.43. The molecular weight excluding hydrogens is 263 g/mol. The molecule has 1 saturated carbocycles. The van der Waals surface area contributed by atoms with Gasteiger partial charge in [-0.15, -0.1) is 0 Å². The first-order valence-electron chi connectivity index (χ1n) is 4.58. The van der Waals surface area contributed by atoms with Crippen molar-refractivity contribution >= 4 is 38.4 Å². The minimum atomic E-state index is 0.619. The molecule has 0 unspecified atom stereocenters. The first kappa shape index (κ1) is 8.74. The van der Waals surface area contributed by atoms with Crippen molar-refractivity contribution in [1.29, 1.82) is 0 Å². The molecule has 1 heterocycles. The molecule has 3 rings (SSSR count). The number of hydrogen-bond donors (Lipinski definition) is 0. The number of nitrogens with zero attached hydrogens (tertiary/aromatic N) is 2. The van der Waals surface area contributed by atoms with E-state index < -0.39 is 0 Å². The number of benzene rings is 1. The zero-order valence-corrected chi connectivity index (χ0v) is 9.72. The molecule has 0 aliphatic heterocycles. The van der Waals surface area contributed by atoms with Gasteiger partial charge in [0.2, 0.25) is 0 Å². The third kappa shape index (κ3) is 1.35. The Morgan fingerprint density at radius 2 is 2.21 bits per heavy atom. The van der Waals surface area contributed by atoms with Gasteiger partial charge in [0.05, 0.1) is 6.04 Å². The molecule has 4 heteroatoms. The lowest BCUT2D eigenvalue weighted by molar-refractivity contribution is 0.649. The fraction of sp³-hybridized carbons (Fsp3) is 0.300. The van der Waals surface area contributed by atoms with E-state index in [2.05, 4.69) is 27.2 Å². The summed E-state index contributed by atoms with van der Waals surface area (Å²) in [6, 6.07) is 4.45. The third-order valence-corrected chi connectivity index (χ3v) is 3.29. The molecule has 0 atom stereocenters. The van der Waals surface area contributed by atoms with Crippen LogP contribution in [0.15, 0.2) is 22.8 Å². The molecule has 1 aromatic carbocycles. The van der Waals surface area contributed by atoms with Crippen LogP contribution in [0.25, 0.3) is 10.9 Å². The van der Waals surface area contributed by atoms with Gasteiger partial charge >= 0.3 is 0 Å². The van der Waals surface area contributed by atoms with E-state index in [1.54, 1.807) is 0 Å². The maximum atomic E-state index is 5.96. The van der Waals surface area contributed by atoms with E-state index in [9.17, 15) is 0 Å². The Bertz CT molecular complexity index is 502. The summed E-state index contributed by atoms with van der Waals surface area (Å²) in [5.74, 6) is 0. The number of hydrogen-bond acceptors (Lipinski definition) is 1. The van der Waals surface area contributed by atoms with Crippen molar-refractivity contribution in [1.82, 2.24) is 9.78 Å². The molecule has 1 fully saturated rings. The lowest BCUT2D eigenvalue weighted by Gasteiger charge is -1.93. The second kappa shape index (κ2) is 2.97. The second-order valence-electron chi connectivity index (χ2n) is 3.67. The van der Waals surface area contributed by atoms with E-state index in [-0.39, 0.29) is 0 Å². The molecule has 1 aromatic heterocycles. The van der Waals surface area contributed by atoms with Gasteiger partial charge in [-0.05, 0) is 40.9 Å². The molecule has 14 heavy (non-hydrogen) atoms. The highest BCUT2D eigenvalue weighted by Crippen LogP contribution is 2.36. The van der Waals surface area contributed by atoms with Gasteiger partial charge in [0.25, 0.3) is 0 Å². The van der Waals surface area contributed by atoms with Gasteiger partial charge in [0.15, 0.2) is 0 Å². The molecule has 0 bridgehead atoms. The molecule has 0 saturated heterocycles. The van der Waals surface area contributed by atoms with Gasteiger partial charge in [0, 0.05) is 21.1 Å². The summed E-state index contributed by atoms with van der Waals surface area (Å²) < 4.78 is 3.02. The summed E-state index contributed by atoms with van der Waals surface area (Å²) in [4.78, 5) is 0. The van der Waals surface area contributed by atoms with Crippen LogP contribution < -0.4 is 0 Å². The van der Waals surface area contributed by atoms with E-state index in [4.69, 9.17) is 11.6 Å². The predicted octanol–water partition coefficient (Wildman–Crippen LogP) is 3.79. The van der Waals surface area contributed by atoms with Gasteiger partial charge in [-0.25, -0.2) is 0 Å². The fourth-order valence-electron chi connectivity index (χ4n) is 1.60. The number of aromatic nitrogens is 2. The van der Waals surface area contributed by atoms with Crippen molar-refractivity contribution in [2.45, 2.75) is 18.9 Å². The topological polar surface area (TPSA) is 17.8 Å². The zero-order chi connectivity index (χ0) is 9.71. The summed E-state index contributed by atoms with van der Waals surface area (Å²) in [5, 5.41) is 6.38. The SMILES string of the molecule is Clc1cc(Br)c2nn(C3CC3)cc2c1. The van der Waals surface area contributed by atoms with Crippen molar-refractivity contribution in [2.75, 3.05) is 0 Å². The van der Waals surface area contributed by atoms with Crippen LogP contribution in [0.3, 0.4) is 0 Å². The first-order chi connectivity index (χ1) is 6.74. The highest BCUT2D eigenvalue weighted by molar-refractivity contribution is 9.10. The summed E-state index contributed by atoms with van der Waals surface area (Å²) in [6.45, 7) is 0. The van der Waals surface area contributed by atoms with E-state index in [0.29, 0.717) is 6.04 Å². The van der Waals surface area contributed by atoms with Crippen LogP contribution in [-0.4, -0.2) is 9.78 Å². The van der Waals surface area contributed by atoms with Crippen LogP contribution in [0.1, 0.15) is 18.9 Å². The lowest BCUT2D eigenvalue weighted by Crippen LogP contribution is -1.92. The second-order valence-corrected chi connectivity index (χ2v) is 4.96. The first-order valence-corrected chi connectivity index (χ1v) is 5.75. The van der Waals surface area contributed by atoms with Crippen LogP contribution in [0.5, 0.6) is 0 Å². The molecule has 0 spiro atoms. The average Bonchev–Trinajstić information content (AvgIpc) is 2.87. The smallest absolute Gasteiger partial charge is 0.107 e. The summed E-state index contributed by atoms with van der Waals surface area (Å²) in [7, 11) is 0. The van der Waals surface area contributed by atoms with Crippen molar-refractivity contribution < 1.29 is 0 Å². The molecule has 0 radical (unpaired) electrons. The zero-order valence-electron chi connectivity index (χ0n) is 7.37.